The molecule has 2 aromatic rings. The van der Waals surface area contributed by atoms with Crippen LogP contribution in [0.25, 0.3) is 0 Å². The molecule has 0 N–H and O–H groups in total. The summed E-state index contributed by atoms with van der Waals surface area (Å²) >= 11 is 0. The van der Waals surface area contributed by atoms with Crippen LogP contribution in [0, 0.1) is 10.1 Å². The molecule has 0 bridgehead atoms. The molecule has 8 nitrogen and oxygen atoms in total. The first-order valence-corrected chi connectivity index (χ1v) is 7.60. The number of nitro groups is 1. The second-order valence-corrected chi connectivity index (χ2v) is 5.87. The summed E-state index contributed by atoms with van der Waals surface area (Å²) in [6.45, 7) is 0. The van der Waals surface area contributed by atoms with Crippen molar-refractivity contribution in [3.63, 3.8) is 0 Å². The molecule has 0 saturated carbocycles. The second-order valence-electron chi connectivity index (χ2n) is 4.32. The SMILES string of the molecule is COc1cc(C=O)ccc1OS(=O)(=O)c1cccc([N+](=O)[O-])c1. The molecule has 0 unspecified atom stereocenters. The van der Waals surface area contributed by atoms with Crippen LogP contribution in [0.5, 0.6) is 11.5 Å². The Labute approximate surface area is 131 Å². The Kier molecular flexibility index (Phi) is 4.60. The Bertz CT molecular complexity index is 861. The molecule has 0 radical (unpaired) electrons. The van der Waals surface area contributed by atoms with Crippen LogP contribution in [-0.2, 0) is 10.1 Å². The number of nitrogens with zero attached hydrogens (tertiary/aromatic N) is 1. The van der Waals surface area contributed by atoms with E-state index in [-0.39, 0.29) is 27.6 Å². The highest BCUT2D eigenvalue weighted by Crippen LogP contribution is 2.31. The van der Waals surface area contributed by atoms with Gasteiger partial charge in [0.15, 0.2) is 11.5 Å². The van der Waals surface area contributed by atoms with Crippen LogP contribution < -0.4 is 8.92 Å². The van der Waals surface area contributed by atoms with E-state index in [1.807, 2.05) is 0 Å². The molecule has 23 heavy (non-hydrogen) atoms. The summed E-state index contributed by atoms with van der Waals surface area (Å²) in [6.07, 6.45) is 0.571. The fraction of sp³-hybridized carbons (Fsp3) is 0.0714. The van der Waals surface area contributed by atoms with Gasteiger partial charge in [0, 0.05) is 17.7 Å². The number of carbonyl (C=O) groups is 1. The number of ether oxygens (including phenoxy) is 1. The number of nitro benzene ring substituents is 1. The summed E-state index contributed by atoms with van der Waals surface area (Å²) in [5, 5.41) is 10.7. The van der Waals surface area contributed by atoms with E-state index in [2.05, 4.69) is 0 Å². The lowest BCUT2D eigenvalue weighted by Gasteiger charge is -2.11. The highest BCUT2D eigenvalue weighted by Gasteiger charge is 2.21. The van der Waals surface area contributed by atoms with Crippen molar-refractivity contribution < 1.29 is 27.1 Å². The quantitative estimate of drug-likeness (QED) is 0.343. The fourth-order valence-electron chi connectivity index (χ4n) is 1.75. The Balaban J connectivity index is 2.40. The molecule has 0 aliphatic heterocycles. The minimum Gasteiger partial charge on any atom is -0.493 e. The van der Waals surface area contributed by atoms with Crippen LogP contribution in [0.1, 0.15) is 10.4 Å². The van der Waals surface area contributed by atoms with Crippen molar-refractivity contribution >= 4 is 22.1 Å². The first-order valence-electron chi connectivity index (χ1n) is 6.19. The molecule has 0 aliphatic carbocycles. The van der Waals surface area contributed by atoms with Gasteiger partial charge in [0.25, 0.3) is 5.69 Å². The van der Waals surface area contributed by atoms with Gasteiger partial charge in [-0.05, 0) is 24.3 Å². The number of benzene rings is 2. The van der Waals surface area contributed by atoms with E-state index < -0.39 is 15.0 Å². The largest absolute Gasteiger partial charge is 0.493 e. The van der Waals surface area contributed by atoms with Gasteiger partial charge in [-0.1, -0.05) is 6.07 Å². The molecule has 9 heteroatoms. The minimum absolute atomic E-state index is 0.0450. The Hall–Kier alpha value is -2.94. The molecule has 2 aromatic carbocycles. The van der Waals surface area contributed by atoms with E-state index in [0.29, 0.717) is 6.29 Å². The van der Waals surface area contributed by atoms with E-state index >= 15 is 0 Å². The molecular formula is C14H11NO7S. The average Bonchev–Trinajstić information content (AvgIpc) is 2.55. The number of rotatable bonds is 6. The van der Waals surface area contributed by atoms with Crippen LogP contribution >= 0.6 is 0 Å². The topological polar surface area (TPSA) is 113 Å². The van der Waals surface area contributed by atoms with E-state index in [0.717, 1.165) is 6.07 Å². The summed E-state index contributed by atoms with van der Waals surface area (Å²) < 4.78 is 34.4. The number of hydrogen-bond acceptors (Lipinski definition) is 7. The van der Waals surface area contributed by atoms with Crippen LogP contribution in [0.4, 0.5) is 5.69 Å². The number of non-ortho nitro benzene ring substituents is 1. The predicted octanol–water partition coefficient (Wildman–Crippen LogP) is 2.18. The van der Waals surface area contributed by atoms with Gasteiger partial charge >= 0.3 is 10.1 Å². The molecule has 0 fully saturated rings. The molecule has 0 heterocycles. The molecular weight excluding hydrogens is 326 g/mol. The zero-order chi connectivity index (χ0) is 17.0. The molecule has 0 spiro atoms. The summed E-state index contributed by atoms with van der Waals surface area (Å²) in [6, 6.07) is 8.40. The van der Waals surface area contributed by atoms with Gasteiger partial charge in [0.1, 0.15) is 11.2 Å². The maximum Gasteiger partial charge on any atom is 0.339 e. The zero-order valence-electron chi connectivity index (χ0n) is 11.8. The van der Waals surface area contributed by atoms with Crippen molar-refractivity contribution in [3.05, 3.63) is 58.1 Å². The van der Waals surface area contributed by atoms with Crippen molar-refractivity contribution in [3.8, 4) is 11.5 Å². The van der Waals surface area contributed by atoms with Gasteiger partial charge in [0.05, 0.1) is 12.0 Å². The van der Waals surface area contributed by atoms with Crippen molar-refractivity contribution in [2.75, 3.05) is 7.11 Å². The van der Waals surface area contributed by atoms with E-state index in [4.69, 9.17) is 8.92 Å². The van der Waals surface area contributed by atoms with Crippen molar-refractivity contribution in [1.29, 1.82) is 0 Å². The lowest BCUT2D eigenvalue weighted by molar-refractivity contribution is -0.385. The molecule has 2 rings (SSSR count). The normalized spacial score (nSPS) is 10.8. The zero-order valence-corrected chi connectivity index (χ0v) is 12.6. The Morgan fingerprint density at radius 1 is 1.13 bits per heavy atom. The van der Waals surface area contributed by atoms with Crippen LogP contribution in [0.3, 0.4) is 0 Å². The van der Waals surface area contributed by atoms with E-state index in [9.17, 15) is 23.3 Å². The number of carbonyl (C=O) groups excluding carboxylic acids is 1. The Morgan fingerprint density at radius 3 is 2.48 bits per heavy atom. The number of hydrogen-bond donors (Lipinski definition) is 0. The standard InChI is InChI=1S/C14H11NO7S/c1-21-14-7-10(9-16)5-6-13(14)22-23(19,20)12-4-2-3-11(8-12)15(17)18/h2-9H,1H3. The van der Waals surface area contributed by atoms with E-state index in [1.165, 1.54) is 43.5 Å². The lowest BCUT2D eigenvalue weighted by Crippen LogP contribution is -2.11. The highest BCUT2D eigenvalue weighted by atomic mass is 32.2. The number of methoxy groups -OCH3 is 1. The summed E-state index contributed by atoms with van der Waals surface area (Å²) in [5.74, 6) is -0.0896. The first-order chi connectivity index (χ1) is 10.9. The summed E-state index contributed by atoms with van der Waals surface area (Å²) in [4.78, 5) is 20.4. The third kappa shape index (κ3) is 3.64. The van der Waals surface area contributed by atoms with Gasteiger partial charge in [-0.2, -0.15) is 8.42 Å². The maximum atomic E-state index is 12.2. The summed E-state index contributed by atoms with van der Waals surface area (Å²) in [5.41, 5.74) is -0.0973. The molecule has 0 aromatic heterocycles. The van der Waals surface area contributed by atoms with Gasteiger partial charge < -0.3 is 8.92 Å². The molecule has 0 saturated heterocycles. The van der Waals surface area contributed by atoms with Crippen LogP contribution in [0.2, 0.25) is 0 Å². The Morgan fingerprint density at radius 2 is 1.87 bits per heavy atom. The van der Waals surface area contributed by atoms with Gasteiger partial charge in [0.2, 0.25) is 0 Å². The van der Waals surface area contributed by atoms with Crippen LogP contribution in [0.15, 0.2) is 47.4 Å². The summed E-state index contributed by atoms with van der Waals surface area (Å²) in [7, 11) is -3.01. The molecule has 0 aliphatic rings. The smallest absolute Gasteiger partial charge is 0.339 e. The van der Waals surface area contributed by atoms with Gasteiger partial charge in [-0.25, -0.2) is 0 Å². The van der Waals surface area contributed by atoms with E-state index in [1.54, 1.807) is 0 Å². The third-order valence-electron chi connectivity index (χ3n) is 2.84. The first kappa shape index (κ1) is 16.4. The van der Waals surface area contributed by atoms with Crippen LogP contribution in [-0.4, -0.2) is 26.7 Å². The number of aldehydes is 1. The molecule has 0 amide bonds. The average molecular weight is 337 g/mol. The lowest BCUT2D eigenvalue weighted by atomic mass is 10.2. The van der Waals surface area contributed by atoms with Gasteiger partial charge in [-0.3, -0.25) is 14.9 Å². The second kappa shape index (κ2) is 6.44. The van der Waals surface area contributed by atoms with Crippen molar-refractivity contribution in [2.24, 2.45) is 0 Å². The van der Waals surface area contributed by atoms with Crippen molar-refractivity contribution in [2.45, 2.75) is 4.90 Å². The molecule has 0 atom stereocenters. The third-order valence-corrected chi connectivity index (χ3v) is 4.07. The molecule has 120 valence electrons. The van der Waals surface area contributed by atoms with Crippen molar-refractivity contribution in [1.82, 2.24) is 0 Å². The monoisotopic (exact) mass is 337 g/mol. The minimum atomic E-state index is -4.29. The highest BCUT2D eigenvalue weighted by molar-refractivity contribution is 7.87. The maximum absolute atomic E-state index is 12.2. The van der Waals surface area contributed by atoms with Gasteiger partial charge in [-0.15, -0.1) is 0 Å². The fourth-order valence-corrected chi connectivity index (χ4v) is 2.73. The predicted molar refractivity (Wildman–Crippen MR) is 79.3 cm³/mol.